The van der Waals surface area contributed by atoms with Crippen LogP contribution >= 0.6 is 11.8 Å². The highest BCUT2D eigenvalue weighted by molar-refractivity contribution is 8.04. The van der Waals surface area contributed by atoms with Gasteiger partial charge in [-0.2, -0.15) is 0 Å². The minimum Gasteiger partial charge on any atom is -0.466 e. The molecule has 6 heteroatoms. The predicted octanol–water partition coefficient (Wildman–Crippen LogP) is 1.46. The highest BCUT2D eigenvalue weighted by atomic mass is 32.2. The Kier molecular flexibility index (Phi) is 4.57. The number of ether oxygens (including phenoxy) is 1. The maximum absolute atomic E-state index is 12.1. The Balaban J connectivity index is 2.14. The van der Waals surface area contributed by atoms with Gasteiger partial charge >= 0.3 is 5.97 Å². The molecule has 0 unspecified atom stereocenters. The van der Waals surface area contributed by atoms with E-state index in [1.165, 1.54) is 29.8 Å². The highest BCUT2D eigenvalue weighted by Gasteiger charge is 2.29. The zero-order valence-electron chi connectivity index (χ0n) is 10.9. The SMILES string of the molecule is COC(=O)C=C1SCC(=O)N1CC(=O)c1ccccc1. The summed E-state index contributed by atoms with van der Waals surface area (Å²) in [5.74, 6) is -0.670. The molecule has 1 heterocycles. The molecule has 2 rings (SSSR count). The van der Waals surface area contributed by atoms with Crippen molar-refractivity contribution in [1.29, 1.82) is 0 Å². The van der Waals surface area contributed by atoms with E-state index < -0.39 is 5.97 Å². The number of esters is 1. The van der Waals surface area contributed by atoms with Gasteiger partial charge in [0.2, 0.25) is 5.91 Å². The van der Waals surface area contributed by atoms with Gasteiger partial charge in [-0.3, -0.25) is 14.5 Å². The van der Waals surface area contributed by atoms with Crippen molar-refractivity contribution >= 4 is 29.4 Å². The van der Waals surface area contributed by atoms with Crippen LogP contribution in [0.5, 0.6) is 0 Å². The standard InChI is InChI=1S/C14H13NO4S/c1-19-14(18)7-13-15(12(17)9-20-13)8-11(16)10-5-3-2-4-6-10/h2-7H,8-9H2,1H3. The molecule has 0 bridgehead atoms. The number of nitrogens with zero attached hydrogens (tertiary/aromatic N) is 1. The first kappa shape index (κ1) is 14.3. The first-order valence-electron chi connectivity index (χ1n) is 5.93. The molecule has 0 atom stereocenters. The second-order valence-electron chi connectivity index (χ2n) is 4.06. The van der Waals surface area contributed by atoms with Crippen LogP contribution < -0.4 is 0 Å². The summed E-state index contributed by atoms with van der Waals surface area (Å²) in [7, 11) is 1.26. The van der Waals surface area contributed by atoms with E-state index in [1.807, 2.05) is 6.07 Å². The Morgan fingerprint density at radius 3 is 2.70 bits per heavy atom. The van der Waals surface area contributed by atoms with Crippen molar-refractivity contribution < 1.29 is 19.1 Å². The van der Waals surface area contributed by atoms with Crippen molar-refractivity contribution in [2.75, 3.05) is 19.4 Å². The number of Topliss-reactive ketones (excluding diaryl/α,β-unsaturated/α-hetero) is 1. The Hall–Kier alpha value is -2.08. The van der Waals surface area contributed by atoms with Crippen molar-refractivity contribution in [2.45, 2.75) is 0 Å². The summed E-state index contributed by atoms with van der Waals surface area (Å²) in [6, 6.07) is 8.73. The molecule has 0 aliphatic carbocycles. The van der Waals surface area contributed by atoms with Crippen molar-refractivity contribution in [2.24, 2.45) is 0 Å². The molecule has 1 fully saturated rings. The largest absolute Gasteiger partial charge is 0.466 e. The van der Waals surface area contributed by atoms with Gasteiger partial charge in [0.1, 0.15) is 0 Å². The number of rotatable bonds is 4. The zero-order valence-corrected chi connectivity index (χ0v) is 11.7. The van der Waals surface area contributed by atoms with Crippen molar-refractivity contribution in [3.8, 4) is 0 Å². The monoisotopic (exact) mass is 291 g/mol. The van der Waals surface area contributed by atoms with Gasteiger partial charge < -0.3 is 4.74 Å². The number of carbonyl (C=O) groups excluding carboxylic acids is 3. The lowest BCUT2D eigenvalue weighted by Crippen LogP contribution is -2.30. The number of benzene rings is 1. The van der Waals surface area contributed by atoms with Crippen LogP contribution in [0, 0.1) is 0 Å². The molecule has 1 amide bonds. The fraction of sp³-hybridized carbons (Fsp3) is 0.214. The summed E-state index contributed by atoms with van der Waals surface area (Å²) < 4.78 is 4.53. The molecule has 1 saturated heterocycles. The zero-order chi connectivity index (χ0) is 14.5. The number of thioether (sulfide) groups is 1. The number of methoxy groups -OCH3 is 1. The summed E-state index contributed by atoms with van der Waals surface area (Å²) in [6.07, 6.45) is 1.23. The van der Waals surface area contributed by atoms with Gasteiger partial charge in [0.25, 0.3) is 0 Å². The van der Waals surface area contributed by atoms with Gasteiger partial charge in [-0.1, -0.05) is 42.1 Å². The maximum Gasteiger partial charge on any atom is 0.333 e. The summed E-state index contributed by atoms with van der Waals surface area (Å²) in [5, 5.41) is 0.450. The normalized spacial score (nSPS) is 16.6. The number of carbonyl (C=O) groups is 3. The van der Waals surface area contributed by atoms with Crippen LogP contribution in [0.3, 0.4) is 0 Å². The molecule has 0 radical (unpaired) electrons. The second-order valence-corrected chi connectivity index (χ2v) is 5.06. The smallest absolute Gasteiger partial charge is 0.333 e. The fourth-order valence-corrected chi connectivity index (χ4v) is 2.65. The van der Waals surface area contributed by atoms with Gasteiger partial charge in [0, 0.05) is 5.56 Å². The van der Waals surface area contributed by atoms with E-state index in [2.05, 4.69) is 4.74 Å². The van der Waals surface area contributed by atoms with Gasteiger partial charge in [0.15, 0.2) is 5.78 Å². The molecule has 0 spiro atoms. The lowest BCUT2D eigenvalue weighted by Gasteiger charge is -2.15. The average Bonchev–Trinajstić information content (AvgIpc) is 2.81. The summed E-state index contributed by atoms with van der Waals surface area (Å²) in [6.45, 7) is -0.0708. The molecule has 0 N–H and O–H groups in total. The molecule has 104 valence electrons. The van der Waals surface area contributed by atoms with E-state index >= 15 is 0 Å². The molecule has 1 aromatic rings. The fourth-order valence-electron chi connectivity index (χ4n) is 1.72. The van der Waals surface area contributed by atoms with Crippen LogP contribution in [-0.4, -0.2) is 42.0 Å². The molecular weight excluding hydrogens is 278 g/mol. The van der Waals surface area contributed by atoms with Crippen LogP contribution in [0.1, 0.15) is 10.4 Å². The van der Waals surface area contributed by atoms with Gasteiger partial charge in [0.05, 0.1) is 30.5 Å². The molecule has 1 aliphatic heterocycles. The third kappa shape index (κ3) is 3.27. The van der Waals surface area contributed by atoms with Gasteiger partial charge in [-0.05, 0) is 0 Å². The van der Waals surface area contributed by atoms with E-state index in [0.717, 1.165) is 0 Å². The average molecular weight is 291 g/mol. The molecule has 1 aromatic carbocycles. The molecule has 5 nitrogen and oxygen atoms in total. The van der Waals surface area contributed by atoms with Gasteiger partial charge in [-0.25, -0.2) is 4.79 Å². The Bertz CT molecular complexity index is 568. The lowest BCUT2D eigenvalue weighted by molar-refractivity contribution is -0.134. The molecular formula is C14H13NO4S. The molecule has 0 aromatic heterocycles. The van der Waals surface area contributed by atoms with E-state index in [1.54, 1.807) is 24.3 Å². The number of ketones is 1. The van der Waals surface area contributed by atoms with Crippen molar-refractivity contribution in [3.05, 3.63) is 47.0 Å². The van der Waals surface area contributed by atoms with Crippen molar-refractivity contribution in [1.82, 2.24) is 4.90 Å². The minimum atomic E-state index is -0.542. The topological polar surface area (TPSA) is 63.7 Å². The van der Waals surface area contributed by atoms with E-state index in [9.17, 15) is 14.4 Å². The van der Waals surface area contributed by atoms with Crippen LogP contribution in [0.15, 0.2) is 41.4 Å². The highest BCUT2D eigenvalue weighted by Crippen LogP contribution is 2.28. The summed E-state index contributed by atoms with van der Waals surface area (Å²) >= 11 is 1.22. The van der Waals surface area contributed by atoms with Crippen LogP contribution in [0.25, 0.3) is 0 Å². The Morgan fingerprint density at radius 1 is 1.35 bits per heavy atom. The maximum atomic E-state index is 12.1. The van der Waals surface area contributed by atoms with Crippen LogP contribution in [-0.2, 0) is 14.3 Å². The third-order valence-corrected chi connectivity index (χ3v) is 3.78. The number of hydrogen-bond donors (Lipinski definition) is 0. The first-order valence-corrected chi connectivity index (χ1v) is 6.91. The Labute approximate surface area is 120 Å². The predicted molar refractivity (Wildman–Crippen MR) is 75.0 cm³/mol. The summed E-state index contributed by atoms with van der Waals surface area (Å²) in [5.41, 5.74) is 0.537. The number of amides is 1. The van der Waals surface area contributed by atoms with Crippen molar-refractivity contribution in [3.63, 3.8) is 0 Å². The summed E-state index contributed by atoms with van der Waals surface area (Å²) in [4.78, 5) is 36.4. The minimum absolute atomic E-state index is 0.0708. The van der Waals surface area contributed by atoms with E-state index in [4.69, 9.17) is 0 Å². The van der Waals surface area contributed by atoms with E-state index in [-0.39, 0.29) is 24.0 Å². The van der Waals surface area contributed by atoms with E-state index in [0.29, 0.717) is 10.6 Å². The molecule has 20 heavy (non-hydrogen) atoms. The van der Waals surface area contributed by atoms with Gasteiger partial charge in [-0.15, -0.1) is 0 Å². The first-order chi connectivity index (χ1) is 9.61. The Morgan fingerprint density at radius 2 is 2.05 bits per heavy atom. The molecule has 1 aliphatic rings. The quantitative estimate of drug-likeness (QED) is 0.477. The number of hydrogen-bond acceptors (Lipinski definition) is 5. The molecule has 0 saturated carbocycles. The van der Waals surface area contributed by atoms with Crippen LogP contribution in [0.4, 0.5) is 0 Å². The second kappa shape index (κ2) is 6.38. The third-order valence-electron chi connectivity index (χ3n) is 2.75. The lowest BCUT2D eigenvalue weighted by atomic mass is 10.1. The van der Waals surface area contributed by atoms with Crippen LogP contribution in [0.2, 0.25) is 0 Å².